The van der Waals surface area contributed by atoms with Gasteiger partial charge in [-0.3, -0.25) is 9.59 Å². The largest absolute Gasteiger partial charge is 0.457 e. The van der Waals surface area contributed by atoms with Crippen molar-refractivity contribution in [2.75, 3.05) is 6.61 Å². The lowest BCUT2D eigenvalue weighted by Crippen LogP contribution is -2.63. The lowest BCUT2D eigenvalue weighted by Gasteiger charge is -2.48. The Morgan fingerprint density at radius 3 is 2.42 bits per heavy atom. The first-order valence-corrected chi connectivity index (χ1v) is 16.1. The fourth-order valence-electron chi connectivity index (χ4n) is 5.64. The second kappa shape index (κ2) is 9.17. The van der Waals surface area contributed by atoms with Crippen molar-refractivity contribution in [2.24, 2.45) is 5.92 Å². The van der Waals surface area contributed by atoms with Crippen LogP contribution in [-0.4, -0.2) is 49.6 Å². The van der Waals surface area contributed by atoms with E-state index in [9.17, 15) is 14.4 Å². The number of ketones is 1. The molecule has 5 rings (SSSR count). The smallest absolute Gasteiger partial charge is 0.355 e. The summed E-state index contributed by atoms with van der Waals surface area (Å²) in [6, 6.07) is 13.1. The van der Waals surface area contributed by atoms with Crippen molar-refractivity contribution in [3.8, 4) is 11.1 Å². The van der Waals surface area contributed by atoms with E-state index < -0.39 is 14.3 Å². The molecule has 1 aliphatic carbocycles. The summed E-state index contributed by atoms with van der Waals surface area (Å²) < 4.78 is 12.0. The Morgan fingerprint density at radius 1 is 1.11 bits per heavy atom. The van der Waals surface area contributed by atoms with Crippen LogP contribution in [0, 0.1) is 5.92 Å². The fourth-order valence-corrected chi connectivity index (χ4v) is 7.07. The van der Waals surface area contributed by atoms with Crippen LogP contribution in [0.2, 0.25) is 18.1 Å². The van der Waals surface area contributed by atoms with Gasteiger partial charge in [0.1, 0.15) is 12.3 Å². The van der Waals surface area contributed by atoms with E-state index >= 15 is 0 Å². The Bertz CT molecular complexity index is 1400. The lowest BCUT2D eigenvalue weighted by atomic mass is 9.82. The van der Waals surface area contributed by atoms with Gasteiger partial charge in [-0.15, -0.1) is 0 Å². The van der Waals surface area contributed by atoms with Crippen LogP contribution in [0.3, 0.4) is 0 Å². The molecule has 0 unspecified atom stereocenters. The number of hydrogen-bond acceptors (Lipinski definition) is 5. The van der Waals surface area contributed by atoms with Crippen molar-refractivity contribution in [2.45, 2.75) is 64.4 Å². The van der Waals surface area contributed by atoms with Gasteiger partial charge >= 0.3 is 5.97 Å². The minimum atomic E-state index is -2.10. The zero-order valence-electron chi connectivity index (χ0n) is 23.0. The Balaban J connectivity index is 1.49. The van der Waals surface area contributed by atoms with E-state index in [1.165, 1.54) is 6.08 Å². The highest BCUT2D eigenvalue weighted by molar-refractivity contribution is 6.74. The van der Waals surface area contributed by atoms with Gasteiger partial charge in [-0.25, -0.2) is 4.79 Å². The van der Waals surface area contributed by atoms with Crippen molar-refractivity contribution in [3.05, 3.63) is 77.5 Å². The summed E-state index contributed by atoms with van der Waals surface area (Å²) >= 11 is 0. The van der Waals surface area contributed by atoms with E-state index in [0.29, 0.717) is 17.5 Å². The molecule has 198 valence electrons. The molecule has 1 amide bonds. The number of esters is 1. The maximum atomic E-state index is 13.5. The third kappa shape index (κ3) is 4.00. The van der Waals surface area contributed by atoms with E-state index in [2.05, 4.69) is 40.4 Å². The second-order valence-corrected chi connectivity index (χ2v) is 16.7. The molecule has 7 heteroatoms. The molecule has 2 aromatic rings. The number of hydrogen-bond donors (Lipinski definition) is 0. The molecule has 2 aromatic carbocycles. The monoisotopic (exact) mass is 529 g/mol. The molecule has 0 radical (unpaired) electrons. The molecule has 0 N–H and O–H groups in total. The Morgan fingerprint density at radius 2 is 1.76 bits per heavy atom. The van der Waals surface area contributed by atoms with E-state index in [1.54, 1.807) is 4.90 Å². The minimum Gasteiger partial charge on any atom is -0.457 e. The summed E-state index contributed by atoms with van der Waals surface area (Å²) in [4.78, 5) is 41.5. The second-order valence-electron chi connectivity index (χ2n) is 11.9. The highest BCUT2D eigenvalue weighted by Gasteiger charge is 2.58. The fraction of sp³-hybridized carbons (Fsp3) is 0.387. The predicted molar refractivity (Wildman–Crippen MR) is 150 cm³/mol. The highest BCUT2D eigenvalue weighted by atomic mass is 28.4. The molecule has 38 heavy (non-hydrogen) atoms. The van der Waals surface area contributed by atoms with Crippen LogP contribution in [0.1, 0.15) is 55.6 Å². The number of fused-ring (bicyclic) bond motifs is 4. The summed E-state index contributed by atoms with van der Waals surface area (Å²) in [6.45, 7) is 16.5. The number of benzene rings is 2. The molecule has 0 aromatic heterocycles. The van der Waals surface area contributed by atoms with Crippen molar-refractivity contribution in [1.29, 1.82) is 0 Å². The highest BCUT2D eigenvalue weighted by Crippen LogP contribution is 2.50. The van der Waals surface area contributed by atoms with Gasteiger partial charge in [0.25, 0.3) is 0 Å². The third-order valence-electron chi connectivity index (χ3n) is 8.60. The van der Waals surface area contributed by atoms with Crippen molar-refractivity contribution in [3.63, 3.8) is 0 Å². The molecule has 0 saturated carbocycles. The van der Waals surface area contributed by atoms with E-state index in [1.807, 2.05) is 49.4 Å². The number of ether oxygens (including phenoxy) is 1. The van der Waals surface area contributed by atoms with E-state index in [0.717, 1.165) is 22.3 Å². The van der Waals surface area contributed by atoms with Crippen molar-refractivity contribution in [1.82, 2.24) is 4.90 Å². The van der Waals surface area contributed by atoms with Crippen LogP contribution >= 0.6 is 0 Å². The van der Waals surface area contributed by atoms with Crippen LogP contribution in [0.5, 0.6) is 0 Å². The molecule has 0 bridgehead atoms. The van der Waals surface area contributed by atoms with Gasteiger partial charge in [0.15, 0.2) is 14.1 Å². The van der Waals surface area contributed by atoms with Gasteiger partial charge < -0.3 is 14.1 Å². The first-order chi connectivity index (χ1) is 17.9. The summed E-state index contributed by atoms with van der Waals surface area (Å²) in [5, 5.41) is 0.0149. The molecule has 2 heterocycles. The molecular formula is C31H35NO5Si. The SMILES string of the molecule is C=CCOC(=O)C1=C(c2ccc3c(c2)C(=O)c2ccccc2-3)C[C@@H]2[C@@H]([C@@H](C)O[Si](C)(C)C(C)(C)C)C(=O)N12. The van der Waals surface area contributed by atoms with Gasteiger partial charge in [-0.1, -0.05) is 69.8 Å². The van der Waals surface area contributed by atoms with Crippen LogP contribution in [-0.2, 0) is 18.8 Å². The number of carbonyl (C=O) groups is 3. The Hall–Kier alpha value is -3.29. The first kappa shape index (κ1) is 26.3. The number of nitrogens with zero attached hydrogens (tertiary/aromatic N) is 1. The standard InChI is InChI=1S/C31H35NO5Si/c1-8-15-36-30(35)27-23(19-13-14-21-20-11-9-10-12-22(20)28(33)24(21)16-19)17-25-26(29(34)32(25)27)18(2)37-38(6,7)31(3,4)5/h8-14,16,18,25-26H,1,15,17H2,2-7H3/t18-,25-,26-/m1/s1. The van der Waals surface area contributed by atoms with Crippen LogP contribution in [0.25, 0.3) is 16.7 Å². The molecule has 2 aliphatic heterocycles. The Kier molecular flexibility index (Phi) is 6.35. The van der Waals surface area contributed by atoms with Crippen LogP contribution in [0.15, 0.2) is 60.8 Å². The number of β-lactam (4-membered cyclic amide) rings is 1. The zero-order chi connectivity index (χ0) is 27.6. The van der Waals surface area contributed by atoms with Gasteiger partial charge in [-0.05, 0) is 59.8 Å². The molecule has 1 saturated heterocycles. The summed E-state index contributed by atoms with van der Waals surface area (Å²) in [7, 11) is -2.10. The van der Waals surface area contributed by atoms with Crippen LogP contribution in [0.4, 0.5) is 0 Å². The van der Waals surface area contributed by atoms with Crippen LogP contribution < -0.4 is 0 Å². The third-order valence-corrected chi connectivity index (χ3v) is 13.2. The van der Waals surface area contributed by atoms with Gasteiger partial charge in [0, 0.05) is 11.1 Å². The maximum absolute atomic E-state index is 13.5. The summed E-state index contributed by atoms with van der Waals surface area (Å²) in [5.74, 6) is -1.04. The average molecular weight is 530 g/mol. The van der Waals surface area contributed by atoms with E-state index in [4.69, 9.17) is 9.16 Å². The summed E-state index contributed by atoms with van der Waals surface area (Å²) in [6.07, 6.45) is 1.73. The molecule has 6 nitrogen and oxygen atoms in total. The molecule has 1 fully saturated rings. The molecular weight excluding hydrogens is 494 g/mol. The van der Waals surface area contributed by atoms with E-state index in [-0.39, 0.29) is 47.1 Å². The number of carbonyl (C=O) groups excluding carboxylic acids is 3. The molecule has 0 spiro atoms. The minimum absolute atomic E-state index is 0.0149. The number of amides is 1. The first-order valence-electron chi connectivity index (χ1n) is 13.2. The molecule has 3 aliphatic rings. The van der Waals surface area contributed by atoms with Gasteiger partial charge in [0.2, 0.25) is 5.91 Å². The van der Waals surface area contributed by atoms with Gasteiger partial charge in [-0.2, -0.15) is 0 Å². The Labute approximate surface area is 225 Å². The van der Waals surface area contributed by atoms with Crippen molar-refractivity contribution >= 4 is 31.6 Å². The quantitative estimate of drug-likeness (QED) is 0.163. The average Bonchev–Trinajstić information content (AvgIpc) is 3.34. The van der Waals surface area contributed by atoms with Gasteiger partial charge in [0.05, 0.1) is 18.1 Å². The zero-order valence-corrected chi connectivity index (χ0v) is 24.0. The maximum Gasteiger partial charge on any atom is 0.355 e. The lowest BCUT2D eigenvalue weighted by molar-refractivity contribution is -0.161. The topological polar surface area (TPSA) is 72.9 Å². The summed E-state index contributed by atoms with van der Waals surface area (Å²) in [5.41, 5.74) is 4.85. The predicted octanol–water partition coefficient (Wildman–Crippen LogP) is 5.98. The molecule has 3 atom stereocenters. The normalized spacial score (nSPS) is 21.1. The van der Waals surface area contributed by atoms with Crippen molar-refractivity contribution < 1.29 is 23.5 Å². The number of rotatable bonds is 7.